The number of hydrogen-bond acceptors (Lipinski definition) is 4. The number of urea groups is 1. The van der Waals surface area contributed by atoms with Crippen LogP contribution in [0.2, 0.25) is 0 Å². The van der Waals surface area contributed by atoms with Gasteiger partial charge in [-0.25, -0.2) is 18.0 Å². The fourth-order valence-corrected chi connectivity index (χ4v) is 3.25. The summed E-state index contributed by atoms with van der Waals surface area (Å²) < 4.78 is 22.4. The predicted octanol–water partition coefficient (Wildman–Crippen LogP) is -0.274. The first-order valence-electron chi connectivity index (χ1n) is 5.84. The number of carboxylic acids is 1. The molecule has 0 aliphatic carbocycles. The van der Waals surface area contributed by atoms with Crippen LogP contribution in [0.5, 0.6) is 0 Å². The van der Waals surface area contributed by atoms with Crippen molar-refractivity contribution in [1.29, 1.82) is 0 Å². The number of carboxylic acid groups (broad SMARTS) is 1. The molecule has 0 radical (unpaired) electrons. The van der Waals surface area contributed by atoms with Gasteiger partial charge in [0, 0.05) is 6.04 Å². The van der Waals surface area contributed by atoms with E-state index in [1.807, 2.05) is 0 Å². The van der Waals surface area contributed by atoms with Crippen molar-refractivity contribution >= 4 is 21.8 Å². The molecule has 8 heteroatoms. The van der Waals surface area contributed by atoms with Gasteiger partial charge in [0.15, 0.2) is 0 Å². The van der Waals surface area contributed by atoms with Crippen LogP contribution in [0.15, 0.2) is 0 Å². The van der Waals surface area contributed by atoms with Crippen LogP contribution in [0, 0.1) is 0 Å². The molecule has 1 aliphatic rings. The molecule has 1 heterocycles. The molecule has 0 bridgehead atoms. The second-order valence-electron chi connectivity index (χ2n) is 4.34. The molecule has 0 spiro atoms. The zero-order valence-corrected chi connectivity index (χ0v) is 11.0. The molecular formula is C10H18N2O5S. The van der Waals surface area contributed by atoms with Crippen molar-refractivity contribution in [3.8, 4) is 0 Å². The van der Waals surface area contributed by atoms with Gasteiger partial charge in [0.2, 0.25) is 0 Å². The number of aliphatic carboxylic acids is 1. The number of amides is 2. The number of carbonyl (C=O) groups excluding carboxylic acids is 1. The van der Waals surface area contributed by atoms with Gasteiger partial charge in [-0.2, -0.15) is 0 Å². The maximum atomic E-state index is 11.5. The summed E-state index contributed by atoms with van der Waals surface area (Å²) in [5.74, 6) is -0.957. The normalized spacial score (nSPS) is 20.9. The SMILES string of the molecule is CCC(NC(=O)NC1CCS(=O)(=O)CC1)C(=O)O. The van der Waals surface area contributed by atoms with Gasteiger partial charge in [0.25, 0.3) is 0 Å². The third-order valence-corrected chi connectivity index (χ3v) is 4.62. The Hall–Kier alpha value is -1.31. The largest absolute Gasteiger partial charge is 0.480 e. The maximum Gasteiger partial charge on any atom is 0.326 e. The average Bonchev–Trinajstić information content (AvgIpc) is 2.28. The first kappa shape index (κ1) is 14.7. The minimum atomic E-state index is -2.96. The molecule has 1 atom stereocenters. The Morgan fingerprint density at radius 2 is 1.89 bits per heavy atom. The summed E-state index contributed by atoms with van der Waals surface area (Å²) in [6.45, 7) is 1.66. The Morgan fingerprint density at radius 3 is 2.33 bits per heavy atom. The van der Waals surface area contributed by atoms with Gasteiger partial charge in [-0.1, -0.05) is 6.92 Å². The molecule has 0 saturated carbocycles. The van der Waals surface area contributed by atoms with Gasteiger partial charge in [0.05, 0.1) is 11.5 Å². The van der Waals surface area contributed by atoms with Crippen LogP contribution < -0.4 is 10.6 Å². The van der Waals surface area contributed by atoms with Gasteiger partial charge >= 0.3 is 12.0 Å². The van der Waals surface area contributed by atoms with E-state index in [0.29, 0.717) is 19.3 Å². The van der Waals surface area contributed by atoms with Crippen LogP contribution in [0.25, 0.3) is 0 Å². The number of nitrogens with one attached hydrogen (secondary N) is 2. The summed E-state index contributed by atoms with van der Waals surface area (Å²) in [5, 5.41) is 13.7. The van der Waals surface area contributed by atoms with E-state index in [-0.39, 0.29) is 17.5 Å². The van der Waals surface area contributed by atoms with Gasteiger partial charge in [-0.15, -0.1) is 0 Å². The minimum absolute atomic E-state index is 0.0636. The lowest BCUT2D eigenvalue weighted by Gasteiger charge is -2.24. The summed E-state index contributed by atoms with van der Waals surface area (Å²) in [4.78, 5) is 22.2. The van der Waals surface area contributed by atoms with Crippen LogP contribution in [-0.2, 0) is 14.6 Å². The molecule has 18 heavy (non-hydrogen) atoms. The Kier molecular flexibility index (Phi) is 4.94. The van der Waals surface area contributed by atoms with Crippen LogP contribution >= 0.6 is 0 Å². The standard InChI is InChI=1S/C10H18N2O5S/c1-2-8(9(13)14)12-10(15)11-7-3-5-18(16,17)6-4-7/h7-8H,2-6H2,1H3,(H,13,14)(H2,11,12,15). The fraction of sp³-hybridized carbons (Fsp3) is 0.800. The number of hydrogen-bond donors (Lipinski definition) is 3. The van der Waals surface area contributed by atoms with E-state index in [1.165, 1.54) is 0 Å². The van der Waals surface area contributed by atoms with E-state index < -0.39 is 27.9 Å². The zero-order chi connectivity index (χ0) is 13.8. The molecule has 1 fully saturated rings. The molecule has 1 rings (SSSR count). The highest BCUT2D eigenvalue weighted by molar-refractivity contribution is 7.91. The summed E-state index contributed by atoms with van der Waals surface area (Å²) in [6.07, 6.45) is 1.04. The topological polar surface area (TPSA) is 113 Å². The molecule has 1 unspecified atom stereocenters. The molecular weight excluding hydrogens is 260 g/mol. The lowest BCUT2D eigenvalue weighted by molar-refractivity contribution is -0.139. The van der Waals surface area contributed by atoms with Crippen molar-refractivity contribution in [2.45, 2.75) is 38.3 Å². The Balaban J connectivity index is 2.39. The van der Waals surface area contributed by atoms with Gasteiger partial charge in [-0.3, -0.25) is 0 Å². The van der Waals surface area contributed by atoms with Crippen molar-refractivity contribution in [1.82, 2.24) is 10.6 Å². The smallest absolute Gasteiger partial charge is 0.326 e. The first-order valence-corrected chi connectivity index (χ1v) is 7.66. The van der Waals surface area contributed by atoms with Crippen molar-refractivity contribution in [2.75, 3.05) is 11.5 Å². The van der Waals surface area contributed by atoms with E-state index in [4.69, 9.17) is 5.11 Å². The summed E-state index contributed by atoms with van der Waals surface area (Å²) in [7, 11) is -2.96. The molecule has 0 aromatic heterocycles. The molecule has 3 N–H and O–H groups in total. The lowest BCUT2D eigenvalue weighted by Crippen LogP contribution is -2.50. The molecule has 1 saturated heterocycles. The Bertz CT molecular complexity index is 406. The van der Waals surface area contributed by atoms with Crippen LogP contribution in [0.1, 0.15) is 26.2 Å². The summed E-state index contributed by atoms with van der Waals surface area (Å²) in [6, 6.07) is -1.69. The van der Waals surface area contributed by atoms with E-state index in [9.17, 15) is 18.0 Å². The van der Waals surface area contributed by atoms with Crippen LogP contribution in [-0.4, -0.2) is 49.1 Å². The second kappa shape index (κ2) is 6.03. The van der Waals surface area contributed by atoms with Crippen molar-refractivity contribution < 1.29 is 23.1 Å². The van der Waals surface area contributed by atoms with E-state index in [1.54, 1.807) is 6.92 Å². The first-order chi connectivity index (χ1) is 8.34. The minimum Gasteiger partial charge on any atom is -0.480 e. The average molecular weight is 278 g/mol. The van der Waals surface area contributed by atoms with Gasteiger partial charge < -0.3 is 15.7 Å². The van der Waals surface area contributed by atoms with Crippen molar-refractivity contribution in [3.63, 3.8) is 0 Å². The monoisotopic (exact) mass is 278 g/mol. The van der Waals surface area contributed by atoms with E-state index in [0.717, 1.165) is 0 Å². The second-order valence-corrected chi connectivity index (χ2v) is 6.65. The molecule has 0 aromatic rings. The molecule has 104 valence electrons. The quantitative estimate of drug-likeness (QED) is 0.655. The molecule has 0 aromatic carbocycles. The molecule has 7 nitrogen and oxygen atoms in total. The maximum absolute atomic E-state index is 11.5. The summed E-state index contributed by atoms with van der Waals surface area (Å²) in [5.41, 5.74) is 0. The Morgan fingerprint density at radius 1 is 1.33 bits per heavy atom. The lowest BCUT2D eigenvalue weighted by atomic mass is 10.1. The third-order valence-electron chi connectivity index (χ3n) is 2.90. The predicted molar refractivity (Wildman–Crippen MR) is 65.1 cm³/mol. The number of carbonyl (C=O) groups is 2. The number of rotatable bonds is 4. The molecule has 1 aliphatic heterocycles. The highest BCUT2D eigenvalue weighted by atomic mass is 32.2. The van der Waals surface area contributed by atoms with E-state index in [2.05, 4.69) is 10.6 Å². The van der Waals surface area contributed by atoms with Crippen LogP contribution in [0.3, 0.4) is 0 Å². The molecule has 2 amide bonds. The fourth-order valence-electron chi connectivity index (χ4n) is 1.76. The van der Waals surface area contributed by atoms with E-state index >= 15 is 0 Å². The highest BCUT2D eigenvalue weighted by Crippen LogP contribution is 2.11. The number of sulfone groups is 1. The van der Waals surface area contributed by atoms with Gasteiger partial charge in [-0.05, 0) is 19.3 Å². The van der Waals surface area contributed by atoms with Crippen molar-refractivity contribution in [2.24, 2.45) is 0 Å². The summed E-state index contributed by atoms with van der Waals surface area (Å²) >= 11 is 0. The third kappa shape index (κ3) is 4.52. The zero-order valence-electron chi connectivity index (χ0n) is 10.2. The Labute approximate surface area is 106 Å². The van der Waals surface area contributed by atoms with Crippen molar-refractivity contribution in [3.05, 3.63) is 0 Å². The van der Waals surface area contributed by atoms with Gasteiger partial charge in [0.1, 0.15) is 15.9 Å². The van der Waals surface area contributed by atoms with Crippen LogP contribution in [0.4, 0.5) is 4.79 Å². The highest BCUT2D eigenvalue weighted by Gasteiger charge is 2.25.